The van der Waals surface area contributed by atoms with Crippen molar-refractivity contribution in [3.8, 4) is 92.6 Å². The number of ether oxygens (including phenoxy) is 2. The molecule has 0 saturated carbocycles. The Morgan fingerprint density at radius 1 is 0.243 bits per heavy atom. The van der Waals surface area contributed by atoms with Gasteiger partial charge in [0.2, 0.25) is 11.8 Å². The first-order chi connectivity index (χ1) is 69.8. The van der Waals surface area contributed by atoms with E-state index >= 15 is 0 Å². The van der Waals surface area contributed by atoms with Gasteiger partial charge in [-0.15, -0.1) is 72.8 Å². The van der Waals surface area contributed by atoms with E-state index in [1.54, 1.807) is 93.1 Å². The molecule has 744 valence electrons. The number of hydrogen-bond acceptors (Lipinski definition) is 28. The smallest absolute Gasteiger partial charge is 0.509 e. The Kier molecular flexibility index (Phi) is 39.2. The molecule has 0 spiro atoms. The Bertz CT molecular complexity index is 6770. The van der Waals surface area contributed by atoms with Crippen LogP contribution < -0.4 is 9.47 Å². The monoisotopic (exact) mass is 3030 g/mol. The molecule has 8 aromatic carbocycles. The van der Waals surface area contributed by atoms with Crippen molar-refractivity contribution in [1.29, 1.82) is 0 Å². The van der Waals surface area contributed by atoms with Gasteiger partial charge in [0.25, 0.3) is 0 Å². The van der Waals surface area contributed by atoms with Crippen LogP contribution in [0.2, 0.25) is 0 Å². The Morgan fingerprint density at radius 3 is 0.804 bits per heavy atom. The molecule has 0 N–H and O–H groups in total. The zero-order chi connectivity index (χ0) is 96.5. The molecule has 0 amide bonds. The minimum absolute atomic E-state index is 0. The summed E-state index contributed by atoms with van der Waals surface area (Å²) >= 11 is 0. The maximum Gasteiger partial charge on any atom is 2.00 e. The van der Waals surface area contributed by atoms with E-state index in [4.69, 9.17) is 9.47 Å². The molecular formula is C102H74N38O2Pt6. The van der Waals surface area contributed by atoms with E-state index in [2.05, 4.69) is 269 Å². The molecule has 0 aliphatic carbocycles. The summed E-state index contributed by atoms with van der Waals surface area (Å²) < 4.78 is 30.9. The summed E-state index contributed by atoms with van der Waals surface area (Å²) in [7, 11) is 0. The molecule has 0 bridgehead atoms. The van der Waals surface area contributed by atoms with E-state index in [0.29, 0.717) is 29.8 Å². The normalized spacial score (nSPS) is 10.6. The third-order valence-corrected chi connectivity index (χ3v) is 20.9. The number of hydrogen-bond donors (Lipinski definition) is 0. The summed E-state index contributed by atoms with van der Waals surface area (Å²) in [6.45, 7) is 8.68. The summed E-state index contributed by atoms with van der Waals surface area (Å²) in [5.41, 5.74) is 14.6. The van der Waals surface area contributed by atoms with Gasteiger partial charge in [0.15, 0.2) is 11.9 Å². The molecule has 16 aromatic heterocycles. The first kappa shape index (κ1) is 109. The molecule has 0 aliphatic heterocycles. The molecule has 24 rings (SSSR count). The van der Waals surface area contributed by atoms with Crippen LogP contribution >= 0.6 is 0 Å². The van der Waals surface area contributed by atoms with Crippen molar-refractivity contribution in [3.63, 3.8) is 0 Å². The van der Waals surface area contributed by atoms with Crippen LogP contribution in [0.3, 0.4) is 0 Å². The molecule has 0 fully saturated rings. The van der Waals surface area contributed by atoms with Crippen LogP contribution in [0, 0.1) is 73.8 Å². The quantitative estimate of drug-likeness (QED) is 0.0507. The molecule has 16 heterocycles. The van der Waals surface area contributed by atoms with Gasteiger partial charge in [0, 0.05) is 191 Å². The predicted molar refractivity (Wildman–Crippen MR) is 508 cm³/mol. The molecule has 0 unspecified atom stereocenters. The molecule has 0 radical (unpaired) electrons. The van der Waals surface area contributed by atoms with E-state index in [1.165, 1.54) is 69.1 Å². The van der Waals surface area contributed by atoms with E-state index in [0.717, 1.165) is 96.7 Å². The number of aromatic nitrogens is 38. The van der Waals surface area contributed by atoms with Gasteiger partial charge in [-0.05, 0) is 111 Å². The van der Waals surface area contributed by atoms with Crippen LogP contribution in [0.4, 0.5) is 0 Å². The molecule has 24 aromatic rings. The van der Waals surface area contributed by atoms with Crippen molar-refractivity contribution in [2.45, 2.75) is 51.4 Å². The SMILES string of the molecule is CC(C)(c1[c-]c(-n2cccn2)ccc1)c1[c-]c(-n2cccn2)ccc1.CC(C)(c1[c-]c(-n2cncn2)ccc1)c1[c-]c(-n2cncn2)ccc1.[Pt+2].[Pt+2].[Pt+2].[Pt+2].[Pt+2].[Pt+2].[c-]1c(Cc2[c-]c(-n3cccn3)ccc2)cccc1-n1cccn1.[c-]1c(Oc2[c-]c(-n3cccn3)ccc2)cccc1-n1cccn1.[c-]1ncnn1-c1nccc(Cc2ccnc(-n3[c-]ncn3)n2)n1.[c-]1ncnn1-c1nccc(Oc2ccnc(-n3[c-]ncn3)n2)n1. The third kappa shape index (κ3) is 28.4. The Hall–Kier alpha value is -16.1. The van der Waals surface area contributed by atoms with Crippen molar-refractivity contribution < 1.29 is 136 Å². The van der Waals surface area contributed by atoms with Gasteiger partial charge in [-0.25, -0.2) is 49.7 Å². The van der Waals surface area contributed by atoms with Gasteiger partial charge in [0.1, 0.15) is 37.2 Å². The maximum absolute atomic E-state index is 5.86. The standard InChI is InChI=1S/C21H18N4.C19H16N6.C19H14N4.C18H12N4O.C13H8N10.C12H6N10O.6Pt/c1-21(2,17-7-3-9-19(15-17)24-13-5-11-22-24)18-8-4-10-20(16-18)25-14-6-12-23-25;1-19(2,15-5-3-7-17(9-15)24-13-20-11-22-24)16-6-4-8-18(10-16)25-14-21-12-23-25;1-5-16(14-18(7-1)22-11-3-9-20-22)13-17-6-2-8-19(15-17)23-12-4-10-21-23;1-5-15(21-11-3-9-19-21)13-17(7-1)23-18-8-2-6-16(14-18)22-12-4-10-20-22;1-3-16-12(22-8-14-6-18-22)20-10(1)5-11-2-4-17-13(21-11)23-9-15-7-19-23;1-3-15-11(21-7-13-5-17-21)19-9(1)23-10-2-4-16-12(20-10)22-8-14-6-18-22;;;;;;/h3-14H,1-2H3;3-8,11-14H,1-2H3;1-12H,13H2;1-12H;1-4,6-7H,5H2;1-6H;;;;;;/q6*-2;6*+2. The Labute approximate surface area is 933 Å². The fourth-order valence-corrected chi connectivity index (χ4v) is 13.9. The van der Waals surface area contributed by atoms with Crippen molar-refractivity contribution in [2.24, 2.45) is 0 Å². The van der Waals surface area contributed by atoms with E-state index in [-0.39, 0.29) is 161 Å². The van der Waals surface area contributed by atoms with Crippen LogP contribution in [-0.2, 0) is 150 Å². The first-order valence-corrected chi connectivity index (χ1v) is 43.5. The second-order valence-corrected chi connectivity index (χ2v) is 31.1. The predicted octanol–water partition coefficient (Wildman–Crippen LogP) is 12.9. The minimum Gasteiger partial charge on any atom is -0.509 e. The average Bonchev–Trinajstić information content (AvgIpc) is 1.30. The minimum atomic E-state index is -0.285. The average molecular weight is 3030 g/mol. The van der Waals surface area contributed by atoms with Crippen molar-refractivity contribution >= 4 is 0 Å². The van der Waals surface area contributed by atoms with E-state index < -0.39 is 0 Å². The summed E-state index contributed by atoms with van der Waals surface area (Å²) in [5, 5.41) is 49.6. The number of benzene rings is 8. The van der Waals surface area contributed by atoms with Crippen LogP contribution in [0.15, 0.2) is 356 Å². The van der Waals surface area contributed by atoms with Gasteiger partial charge in [-0.2, -0.15) is 195 Å². The second-order valence-electron chi connectivity index (χ2n) is 31.1. The summed E-state index contributed by atoms with van der Waals surface area (Å²) in [4.78, 5) is 56.6. The zero-order valence-corrected chi connectivity index (χ0v) is 91.2. The van der Waals surface area contributed by atoms with Crippen LogP contribution in [0.1, 0.15) is 72.5 Å². The van der Waals surface area contributed by atoms with Gasteiger partial charge in [-0.1, -0.05) is 27.7 Å². The topological polar surface area (TPSA) is 413 Å². The maximum atomic E-state index is 5.86. The van der Waals surface area contributed by atoms with Crippen molar-refractivity contribution in [2.75, 3.05) is 0 Å². The Morgan fingerprint density at radius 2 is 0.520 bits per heavy atom. The Balaban J connectivity index is 0.000000147. The van der Waals surface area contributed by atoms with Crippen molar-refractivity contribution in [3.05, 3.63) is 475 Å². The van der Waals surface area contributed by atoms with Gasteiger partial charge >= 0.3 is 126 Å². The number of rotatable bonds is 24. The summed E-state index contributed by atoms with van der Waals surface area (Å²) in [5.74, 6) is 3.13. The van der Waals surface area contributed by atoms with E-state index in [1.807, 2.05) is 214 Å². The fraction of sp³-hybridized carbons (Fsp3) is 0.0784. The zero-order valence-electron chi connectivity index (χ0n) is 77.6. The molecule has 148 heavy (non-hydrogen) atoms. The van der Waals surface area contributed by atoms with Crippen LogP contribution in [0.5, 0.6) is 23.3 Å². The molecule has 0 atom stereocenters. The molecule has 0 saturated heterocycles. The van der Waals surface area contributed by atoms with E-state index in [9.17, 15) is 0 Å². The van der Waals surface area contributed by atoms with Gasteiger partial charge in [-0.3, -0.25) is 58.0 Å². The third-order valence-electron chi connectivity index (χ3n) is 20.9. The van der Waals surface area contributed by atoms with Crippen LogP contribution in [0.25, 0.3) is 69.3 Å². The summed E-state index contributed by atoms with van der Waals surface area (Å²) in [6, 6.07) is 93.1. The largest absolute Gasteiger partial charge is 2.00 e. The molecule has 40 nitrogen and oxygen atoms in total. The summed E-state index contributed by atoms with van der Waals surface area (Å²) in [6.07, 6.45) is 51.9. The molecule has 0 aliphatic rings. The molecule has 46 heteroatoms. The second kappa shape index (κ2) is 53.1. The van der Waals surface area contributed by atoms with Gasteiger partial charge < -0.3 is 48.1 Å². The van der Waals surface area contributed by atoms with Gasteiger partial charge in [0.05, 0.1) is 0 Å². The fourth-order valence-electron chi connectivity index (χ4n) is 13.9. The molecular weight excluding hydrogens is 2960 g/mol. The number of nitrogens with zero attached hydrogens (tertiary/aromatic N) is 38. The van der Waals surface area contributed by atoms with Crippen molar-refractivity contribution in [1.82, 2.24) is 187 Å². The van der Waals surface area contributed by atoms with Crippen LogP contribution in [-0.4, -0.2) is 187 Å². The first-order valence-electron chi connectivity index (χ1n) is 43.5.